The molecule has 0 radical (unpaired) electrons. The lowest BCUT2D eigenvalue weighted by Crippen LogP contribution is -2.09. The van der Waals surface area contributed by atoms with Gasteiger partial charge in [0.15, 0.2) is 0 Å². The zero-order valence-corrected chi connectivity index (χ0v) is 10.5. The number of nitrogens with zero attached hydrogens (tertiary/aromatic N) is 3. The Balaban J connectivity index is 2.11. The van der Waals surface area contributed by atoms with Crippen LogP contribution in [0.1, 0.15) is 11.1 Å². The molecule has 0 saturated carbocycles. The summed E-state index contributed by atoms with van der Waals surface area (Å²) in [6.45, 7) is 3.98. The number of aromatic nitrogens is 4. The van der Waals surface area contributed by atoms with E-state index in [4.69, 9.17) is 4.74 Å². The lowest BCUT2D eigenvalue weighted by molar-refractivity contribution is 0.461. The van der Waals surface area contributed by atoms with Crippen molar-refractivity contribution in [3.8, 4) is 11.6 Å². The van der Waals surface area contributed by atoms with E-state index in [1.807, 2.05) is 32.0 Å². The predicted molar refractivity (Wildman–Crippen MR) is 69.6 cm³/mol. The second-order valence-corrected chi connectivity index (χ2v) is 4.25. The lowest BCUT2D eigenvalue weighted by atomic mass is 10.1. The number of rotatable bonds is 2. The first-order chi connectivity index (χ1) is 9.16. The minimum Gasteiger partial charge on any atom is -0.436 e. The molecule has 6 heteroatoms. The van der Waals surface area contributed by atoms with E-state index in [2.05, 4.69) is 15.2 Å². The number of fused-ring (bicyclic) bond motifs is 1. The van der Waals surface area contributed by atoms with Crippen molar-refractivity contribution in [2.45, 2.75) is 13.8 Å². The molecule has 0 spiro atoms. The Morgan fingerprint density at radius 2 is 2.16 bits per heavy atom. The second kappa shape index (κ2) is 4.24. The van der Waals surface area contributed by atoms with Gasteiger partial charge in [0.1, 0.15) is 5.75 Å². The molecule has 2 aromatic heterocycles. The average molecular weight is 256 g/mol. The summed E-state index contributed by atoms with van der Waals surface area (Å²) in [6.07, 6.45) is 3.04. The average Bonchev–Trinajstić information content (AvgIpc) is 2.78. The van der Waals surface area contributed by atoms with Gasteiger partial charge in [-0.2, -0.15) is 0 Å². The fourth-order valence-corrected chi connectivity index (χ4v) is 1.83. The molecule has 0 amide bonds. The van der Waals surface area contributed by atoms with Gasteiger partial charge in [-0.3, -0.25) is 0 Å². The quantitative estimate of drug-likeness (QED) is 0.759. The van der Waals surface area contributed by atoms with E-state index in [0.717, 1.165) is 11.1 Å². The number of ether oxygens (including phenoxy) is 1. The second-order valence-electron chi connectivity index (χ2n) is 4.25. The van der Waals surface area contributed by atoms with Crippen LogP contribution >= 0.6 is 0 Å². The van der Waals surface area contributed by atoms with Gasteiger partial charge in [0.25, 0.3) is 5.88 Å². The van der Waals surface area contributed by atoms with Crippen LogP contribution in [-0.2, 0) is 0 Å². The van der Waals surface area contributed by atoms with Gasteiger partial charge in [-0.05, 0) is 31.0 Å². The van der Waals surface area contributed by atoms with Gasteiger partial charge in [0.2, 0.25) is 5.65 Å². The van der Waals surface area contributed by atoms with E-state index < -0.39 is 0 Å². The van der Waals surface area contributed by atoms with Gasteiger partial charge in [0.05, 0.1) is 0 Å². The van der Waals surface area contributed by atoms with E-state index in [-0.39, 0.29) is 5.69 Å². The number of H-pyrrole nitrogens is 1. The highest BCUT2D eigenvalue weighted by molar-refractivity contribution is 5.50. The molecule has 0 unspecified atom stereocenters. The van der Waals surface area contributed by atoms with Crippen LogP contribution in [0.3, 0.4) is 0 Å². The Labute approximate surface area is 108 Å². The number of aromatic amines is 1. The number of benzene rings is 1. The normalized spacial score (nSPS) is 10.8. The summed E-state index contributed by atoms with van der Waals surface area (Å²) in [6, 6.07) is 5.78. The predicted octanol–water partition coefficient (Wildman–Crippen LogP) is 1.83. The van der Waals surface area contributed by atoms with E-state index in [9.17, 15) is 4.79 Å². The SMILES string of the molecule is Cc1cccc(Oc2nccn3c(=O)[nH]nc23)c1C. The highest BCUT2D eigenvalue weighted by Crippen LogP contribution is 2.26. The smallest absolute Gasteiger partial charge is 0.347 e. The van der Waals surface area contributed by atoms with Crippen LogP contribution in [0.2, 0.25) is 0 Å². The van der Waals surface area contributed by atoms with Crippen molar-refractivity contribution in [2.24, 2.45) is 0 Å². The zero-order chi connectivity index (χ0) is 13.4. The molecule has 19 heavy (non-hydrogen) atoms. The molecule has 0 atom stereocenters. The van der Waals surface area contributed by atoms with E-state index >= 15 is 0 Å². The summed E-state index contributed by atoms with van der Waals surface area (Å²) in [7, 11) is 0. The highest BCUT2D eigenvalue weighted by Gasteiger charge is 2.11. The first-order valence-electron chi connectivity index (χ1n) is 5.82. The third-order valence-electron chi connectivity index (χ3n) is 3.06. The minimum absolute atomic E-state index is 0.301. The Kier molecular flexibility index (Phi) is 2.56. The standard InChI is InChI=1S/C13H12N4O2/c1-8-4-3-5-10(9(8)2)19-12-11-15-16-13(18)17(11)7-6-14-12/h3-7H,1-2H3,(H,16,18). The number of hydrogen-bond acceptors (Lipinski definition) is 4. The van der Waals surface area contributed by atoms with Crippen molar-refractivity contribution in [3.05, 3.63) is 52.2 Å². The van der Waals surface area contributed by atoms with Crippen LogP contribution in [0, 0.1) is 13.8 Å². The number of nitrogens with one attached hydrogen (secondary N) is 1. The molecule has 0 aliphatic rings. The molecule has 0 aliphatic carbocycles. The third kappa shape index (κ3) is 1.87. The first-order valence-corrected chi connectivity index (χ1v) is 5.82. The number of hydrogen-bond donors (Lipinski definition) is 1. The summed E-state index contributed by atoms with van der Waals surface area (Å²) < 4.78 is 7.12. The molecule has 96 valence electrons. The Hall–Kier alpha value is -2.63. The van der Waals surface area contributed by atoms with Crippen LogP contribution in [0.5, 0.6) is 11.6 Å². The summed E-state index contributed by atoms with van der Waals surface area (Å²) in [4.78, 5) is 15.6. The van der Waals surface area contributed by atoms with E-state index in [0.29, 0.717) is 17.3 Å². The van der Waals surface area contributed by atoms with Crippen LogP contribution in [0.15, 0.2) is 35.4 Å². The minimum atomic E-state index is -0.316. The fraction of sp³-hybridized carbons (Fsp3) is 0.154. The summed E-state index contributed by atoms with van der Waals surface area (Å²) in [5, 5.41) is 6.27. The molecular formula is C13H12N4O2. The van der Waals surface area contributed by atoms with Gasteiger partial charge in [0, 0.05) is 12.4 Å². The maximum atomic E-state index is 11.5. The topological polar surface area (TPSA) is 72.3 Å². The van der Waals surface area contributed by atoms with Gasteiger partial charge in [-0.25, -0.2) is 19.3 Å². The van der Waals surface area contributed by atoms with Crippen LogP contribution in [-0.4, -0.2) is 19.6 Å². The molecule has 1 aromatic carbocycles. The molecule has 1 N–H and O–H groups in total. The molecular weight excluding hydrogens is 244 g/mol. The Bertz CT molecular complexity index is 804. The van der Waals surface area contributed by atoms with Crippen molar-refractivity contribution < 1.29 is 4.74 Å². The molecule has 0 bridgehead atoms. The molecule has 2 heterocycles. The summed E-state index contributed by atoms with van der Waals surface area (Å²) in [5.41, 5.74) is 2.21. The molecule has 0 aliphatic heterocycles. The summed E-state index contributed by atoms with van der Waals surface area (Å²) >= 11 is 0. The van der Waals surface area contributed by atoms with Gasteiger partial charge < -0.3 is 4.74 Å². The third-order valence-corrected chi connectivity index (χ3v) is 3.06. The first kappa shape index (κ1) is 11.5. The van der Waals surface area contributed by atoms with Crippen molar-refractivity contribution in [1.82, 2.24) is 19.6 Å². The van der Waals surface area contributed by atoms with E-state index in [1.54, 1.807) is 0 Å². The Morgan fingerprint density at radius 3 is 3.00 bits per heavy atom. The van der Waals surface area contributed by atoms with Gasteiger partial charge >= 0.3 is 5.69 Å². The van der Waals surface area contributed by atoms with Crippen molar-refractivity contribution in [3.63, 3.8) is 0 Å². The van der Waals surface area contributed by atoms with Crippen molar-refractivity contribution >= 4 is 5.65 Å². The molecule has 3 rings (SSSR count). The van der Waals surface area contributed by atoms with Crippen LogP contribution in [0.4, 0.5) is 0 Å². The monoisotopic (exact) mass is 256 g/mol. The Morgan fingerprint density at radius 1 is 1.32 bits per heavy atom. The molecule has 3 aromatic rings. The zero-order valence-electron chi connectivity index (χ0n) is 10.5. The van der Waals surface area contributed by atoms with Crippen LogP contribution < -0.4 is 10.4 Å². The molecule has 0 fully saturated rings. The maximum Gasteiger partial charge on any atom is 0.347 e. The molecule has 6 nitrogen and oxygen atoms in total. The van der Waals surface area contributed by atoms with Crippen molar-refractivity contribution in [2.75, 3.05) is 0 Å². The number of aryl methyl sites for hydroxylation is 1. The highest BCUT2D eigenvalue weighted by atomic mass is 16.5. The lowest BCUT2D eigenvalue weighted by Gasteiger charge is -2.09. The maximum absolute atomic E-state index is 11.5. The summed E-state index contributed by atoms with van der Waals surface area (Å²) in [5.74, 6) is 1.01. The van der Waals surface area contributed by atoms with Gasteiger partial charge in [-0.15, -0.1) is 5.10 Å². The van der Waals surface area contributed by atoms with Crippen LogP contribution in [0.25, 0.3) is 5.65 Å². The largest absolute Gasteiger partial charge is 0.436 e. The van der Waals surface area contributed by atoms with E-state index in [1.165, 1.54) is 16.8 Å². The molecule has 0 saturated heterocycles. The fourth-order valence-electron chi connectivity index (χ4n) is 1.83. The van der Waals surface area contributed by atoms with Gasteiger partial charge in [-0.1, -0.05) is 12.1 Å². The van der Waals surface area contributed by atoms with Crippen molar-refractivity contribution in [1.29, 1.82) is 0 Å².